The van der Waals surface area contributed by atoms with Gasteiger partial charge in [0, 0.05) is 12.8 Å². The van der Waals surface area contributed by atoms with Gasteiger partial charge in [0.15, 0.2) is 6.10 Å². The van der Waals surface area contributed by atoms with Gasteiger partial charge in [-0.15, -0.1) is 0 Å². The molecule has 100 heavy (non-hydrogen) atoms. The highest BCUT2D eigenvalue weighted by Crippen LogP contribution is 2.43. The van der Waals surface area contributed by atoms with Gasteiger partial charge in [-0.3, -0.25) is 18.6 Å². The van der Waals surface area contributed by atoms with Gasteiger partial charge in [-0.2, -0.15) is 0 Å². The molecule has 0 saturated carbocycles. The van der Waals surface area contributed by atoms with Crippen LogP contribution < -0.4 is 0 Å². The monoisotopic (exact) mass is 1430 g/mol. The van der Waals surface area contributed by atoms with Gasteiger partial charge >= 0.3 is 19.8 Å². The number of allylic oxidation sites excluding steroid dienone is 8. The maximum atomic E-state index is 12.9. The molecule has 9 nitrogen and oxygen atoms in total. The lowest BCUT2D eigenvalue weighted by Crippen LogP contribution is -2.37. The van der Waals surface area contributed by atoms with Crippen molar-refractivity contribution >= 4 is 19.8 Å². The van der Waals surface area contributed by atoms with Crippen LogP contribution in [0.15, 0.2) is 48.6 Å². The standard InChI is InChI=1S/C90H172NO8P/c1-6-8-10-12-14-16-18-20-22-24-26-28-30-32-34-36-38-40-42-44-45-47-49-51-53-55-57-59-61-63-65-67-69-71-73-75-77-79-81-83-90(93)99-88(87-98-100(94,95)97-85-84-91(3,4)5)86-96-89(92)82-80-78-76-74-72-70-68-66-64-62-60-58-56-54-52-50-48-46-43-41-39-37-35-33-31-29-27-25-23-21-19-17-15-13-11-9-7-2/h18,20,24-27,30,32,88H,6-17,19,21-23,28-29,31,33-87H2,1-5H3/p+1/b20-18-,26-24-,27-25-,32-30-. The predicted octanol–water partition coefficient (Wildman–Crippen LogP) is 29.9. The molecule has 0 heterocycles. The quantitative estimate of drug-likeness (QED) is 0.0211. The Labute approximate surface area is 624 Å². The van der Waals surface area contributed by atoms with E-state index >= 15 is 0 Å². The highest BCUT2D eigenvalue weighted by molar-refractivity contribution is 7.47. The average Bonchev–Trinajstić information content (AvgIpc) is 1.07. The second-order valence-corrected chi connectivity index (χ2v) is 33.1. The largest absolute Gasteiger partial charge is 0.472 e. The first-order valence-corrected chi connectivity index (χ1v) is 45.9. The maximum absolute atomic E-state index is 12.9. The van der Waals surface area contributed by atoms with Crippen LogP contribution in [0.3, 0.4) is 0 Å². The molecule has 0 amide bonds. The van der Waals surface area contributed by atoms with Gasteiger partial charge in [-0.25, -0.2) is 4.57 Å². The molecule has 0 spiro atoms. The van der Waals surface area contributed by atoms with Crippen molar-refractivity contribution in [2.75, 3.05) is 47.5 Å². The number of nitrogens with zero attached hydrogens (tertiary/aromatic N) is 1. The number of hydrogen-bond donors (Lipinski definition) is 1. The lowest BCUT2D eigenvalue weighted by molar-refractivity contribution is -0.870. The van der Waals surface area contributed by atoms with Crippen molar-refractivity contribution in [3.05, 3.63) is 48.6 Å². The number of phosphoric acid groups is 1. The molecule has 0 fully saturated rings. The van der Waals surface area contributed by atoms with Crippen molar-refractivity contribution < 1.29 is 42.1 Å². The molecule has 0 aliphatic rings. The van der Waals surface area contributed by atoms with Crippen LogP contribution in [0.5, 0.6) is 0 Å². The molecule has 2 unspecified atom stereocenters. The van der Waals surface area contributed by atoms with E-state index in [-0.39, 0.29) is 25.6 Å². The fraction of sp³-hybridized carbons (Fsp3) is 0.889. The first-order valence-electron chi connectivity index (χ1n) is 44.4. The normalized spacial score (nSPS) is 13.1. The van der Waals surface area contributed by atoms with E-state index in [1.165, 1.54) is 385 Å². The molecule has 0 aliphatic heterocycles. The van der Waals surface area contributed by atoms with Crippen molar-refractivity contribution in [3.63, 3.8) is 0 Å². The molecule has 0 bridgehead atoms. The van der Waals surface area contributed by atoms with Crippen LogP contribution in [-0.2, 0) is 32.7 Å². The van der Waals surface area contributed by atoms with Crippen LogP contribution in [0.2, 0.25) is 0 Å². The predicted molar refractivity (Wildman–Crippen MR) is 437 cm³/mol. The number of carbonyl (C=O) groups excluding carboxylic acids is 2. The molecule has 0 rings (SSSR count). The Bertz CT molecular complexity index is 1830. The SMILES string of the molecule is CCCCCCC/C=C\C/C=C\C/C=C\CCCCCCCCCCCCCCCCCCCCCCCCCCC(=O)OC(COC(=O)CCCCCCCCCCCCCCCCCCCCCCCCCCC/C=C\CCCCCCCCCC)COP(=O)(O)OCC[N+](C)(C)C. The zero-order valence-corrected chi connectivity index (χ0v) is 68.6. The second-order valence-electron chi connectivity index (χ2n) is 31.6. The van der Waals surface area contributed by atoms with Crippen LogP contribution in [0.25, 0.3) is 0 Å². The summed E-state index contributed by atoms with van der Waals surface area (Å²) in [4.78, 5) is 36.1. The van der Waals surface area contributed by atoms with Crippen LogP contribution in [0.1, 0.15) is 463 Å². The molecular weight excluding hydrogens is 1250 g/mol. The van der Waals surface area contributed by atoms with Gasteiger partial charge < -0.3 is 18.9 Å². The molecule has 590 valence electrons. The van der Waals surface area contributed by atoms with E-state index in [0.29, 0.717) is 23.9 Å². The smallest absolute Gasteiger partial charge is 0.462 e. The number of rotatable bonds is 84. The fourth-order valence-electron chi connectivity index (χ4n) is 13.6. The molecule has 0 radical (unpaired) electrons. The van der Waals surface area contributed by atoms with Crippen LogP contribution >= 0.6 is 7.82 Å². The molecule has 0 aliphatic carbocycles. The molecule has 1 N–H and O–H groups in total. The Kier molecular flexibility index (Phi) is 79.4. The summed E-state index contributed by atoms with van der Waals surface area (Å²) in [5, 5.41) is 0. The van der Waals surface area contributed by atoms with Gasteiger partial charge in [0.25, 0.3) is 0 Å². The number of hydrogen-bond acceptors (Lipinski definition) is 7. The fourth-order valence-corrected chi connectivity index (χ4v) is 14.3. The third kappa shape index (κ3) is 84.9. The summed E-state index contributed by atoms with van der Waals surface area (Å²) in [6.07, 6.45) is 109. The first-order chi connectivity index (χ1) is 49.0. The van der Waals surface area contributed by atoms with Gasteiger partial charge in [-0.1, -0.05) is 422 Å². The Morgan fingerprint density at radius 1 is 0.310 bits per heavy atom. The summed E-state index contributed by atoms with van der Waals surface area (Å²) in [7, 11) is 1.50. The van der Waals surface area contributed by atoms with Crippen molar-refractivity contribution in [2.45, 2.75) is 469 Å². The summed E-state index contributed by atoms with van der Waals surface area (Å²) < 4.78 is 34.9. The van der Waals surface area contributed by atoms with E-state index in [9.17, 15) is 19.0 Å². The van der Waals surface area contributed by atoms with Crippen molar-refractivity contribution in [1.82, 2.24) is 0 Å². The van der Waals surface area contributed by atoms with Crippen LogP contribution in [0, 0.1) is 0 Å². The van der Waals surface area contributed by atoms with Crippen LogP contribution in [0.4, 0.5) is 0 Å². The number of ether oxygens (including phenoxy) is 2. The highest BCUT2D eigenvalue weighted by Gasteiger charge is 2.27. The van der Waals surface area contributed by atoms with E-state index in [0.717, 1.165) is 44.9 Å². The molecule has 0 aromatic rings. The molecule has 2 atom stereocenters. The number of quaternary nitrogens is 1. The molecule has 0 aromatic carbocycles. The average molecular weight is 1430 g/mol. The third-order valence-corrected chi connectivity index (χ3v) is 21.3. The second kappa shape index (κ2) is 81.1. The van der Waals surface area contributed by atoms with E-state index < -0.39 is 26.5 Å². The lowest BCUT2D eigenvalue weighted by Gasteiger charge is -2.24. The number of carbonyl (C=O) groups is 2. The summed E-state index contributed by atoms with van der Waals surface area (Å²) in [6.45, 7) is 4.51. The summed E-state index contributed by atoms with van der Waals surface area (Å²) in [5.41, 5.74) is 0. The van der Waals surface area contributed by atoms with E-state index in [2.05, 4.69) is 62.5 Å². The van der Waals surface area contributed by atoms with Crippen molar-refractivity contribution in [3.8, 4) is 0 Å². The van der Waals surface area contributed by atoms with Gasteiger partial charge in [-0.05, 0) is 77.0 Å². The van der Waals surface area contributed by atoms with Gasteiger partial charge in [0.2, 0.25) is 0 Å². The highest BCUT2D eigenvalue weighted by atomic mass is 31.2. The minimum atomic E-state index is -4.40. The van der Waals surface area contributed by atoms with Gasteiger partial charge in [0.05, 0.1) is 27.7 Å². The zero-order valence-electron chi connectivity index (χ0n) is 67.7. The van der Waals surface area contributed by atoms with E-state index in [1.807, 2.05) is 21.1 Å². The minimum Gasteiger partial charge on any atom is -0.462 e. The van der Waals surface area contributed by atoms with Gasteiger partial charge in [0.1, 0.15) is 19.8 Å². The van der Waals surface area contributed by atoms with E-state index in [4.69, 9.17) is 18.5 Å². The molecule has 0 saturated heterocycles. The lowest BCUT2D eigenvalue weighted by atomic mass is 10.0. The zero-order chi connectivity index (χ0) is 72.5. The Balaban J connectivity index is 3.85. The maximum Gasteiger partial charge on any atom is 0.472 e. The number of unbranched alkanes of at least 4 members (excludes halogenated alkanes) is 62. The van der Waals surface area contributed by atoms with Crippen LogP contribution in [-0.4, -0.2) is 74.9 Å². The first kappa shape index (κ1) is 98.0. The number of likely N-dealkylation sites (N-methyl/N-ethyl adjacent to an activating group) is 1. The summed E-state index contributed by atoms with van der Waals surface area (Å²) >= 11 is 0. The number of phosphoric ester groups is 1. The Morgan fingerprint density at radius 2 is 0.540 bits per heavy atom. The Hall–Kier alpha value is -2.03. The minimum absolute atomic E-state index is 0.0352. The number of esters is 2. The molecule has 0 aromatic heterocycles. The van der Waals surface area contributed by atoms with E-state index in [1.54, 1.807) is 0 Å². The third-order valence-electron chi connectivity index (χ3n) is 20.3. The molecular formula is C90H173NO8P+. The topological polar surface area (TPSA) is 108 Å². The molecule has 10 heteroatoms. The summed E-state index contributed by atoms with van der Waals surface area (Å²) in [6, 6.07) is 0. The van der Waals surface area contributed by atoms with Crippen molar-refractivity contribution in [2.24, 2.45) is 0 Å². The van der Waals surface area contributed by atoms with Crippen molar-refractivity contribution in [1.29, 1.82) is 0 Å². The Morgan fingerprint density at radius 3 is 0.810 bits per heavy atom. The summed E-state index contributed by atoms with van der Waals surface area (Å²) in [5.74, 6) is -0.769.